The predicted octanol–water partition coefficient (Wildman–Crippen LogP) is 3.88. The molecule has 0 bridgehead atoms. The first-order valence-electron chi connectivity index (χ1n) is 11.0. The molecule has 3 N–H and O–H groups in total. The van der Waals surface area contributed by atoms with Crippen LogP contribution in [-0.4, -0.2) is 35.9 Å². The van der Waals surface area contributed by atoms with Crippen molar-refractivity contribution >= 4 is 17.2 Å². The highest BCUT2D eigenvalue weighted by Gasteiger charge is 2.63. The molecule has 2 aliphatic rings. The lowest BCUT2D eigenvalue weighted by Gasteiger charge is -2.17. The fourth-order valence-electron chi connectivity index (χ4n) is 5.31. The van der Waals surface area contributed by atoms with Crippen molar-refractivity contribution in [2.24, 2.45) is 17.3 Å². The van der Waals surface area contributed by atoms with Crippen molar-refractivity contribution in [1.82, 2.24) is 5.32 Å². The summed E-state index contributed by atoms with van der Waals surface area (Å²) < 4.78 is 5.84. The van der Waals surface area contributed by atoms with E-state index in [1.54, 1.807) is 11.3 Å². The van der Waals surface area contributed by atoms with Gasteiger partial charge in [0.15, 0.2) is 0 Å². The van der Waals surface area contributed by atoms with Crippen LogP contribution in [0.5, 0.6) is 5.75 Å². The molecule has 1 aromatic carbocycles. The number of hydrogen-bond acceptors (Lipinski definition) is 5. The smallest absolute Gasteiger partial charge is 0.261 e. The van der Waals surface area contributed by atoms with Crippen LogP contribution in [0.4, 0.5) is 0 Å². The second kappa shape index (κ2) is 8.23. The molecule has 1 amide bonds. The maximum Gasteiger partial charge on any atom is 0.261 e. The fourth-order valence-corrected chi connectivity index (χ4v) is 6.46. The molecule has 1 heterocycles. The van der Waals surface area contributed by atoms with Gasteiger partial charge in [0.2, 0.25) is 0 Å². The number of amides is 1. The average Bonchev–Trinajstić information content (AvgIpc) is 3.04. The Labute approximate surface area is 188 Å². The van der Waals surface area contributed by atoms with E-state index < -0.39 is 0 Å². The number of benzene rings is 1. The second-order valence-electron chi connectivity index (χ2n) is 9.77. The number of aryl methyl sites for hydroxylation is 3. The maximum atomic E-state index is 13.0. The summed E-state index contributed by atoms with van der Waals surface area (Å²) in [6.07, 6.45) is 1.03. The molecule has 5 nitrogen and oxygen atoms in total. The number of hydrogen-bond donors (Lipinski definition) is 3. The number of carbonyl (C=O) groups is 1. The molecule has 0 saturated heterocycles. The molecule has 0 aliphatic heterocycles. The second-order valence-corrected chi connectivity index (χ2v) is 11.0. The lowest BCUT2D eigenvalue weighted by atomic mass is 9.95. The van der Waals surface area contributed by atoms with Crippen LogP contribution >= 0.6 is 11.3 Å². The van der Waals surface area contributed by atoms with E-state index in [1.807, 2.05) is 26.0 Å². The highest BCUT2D eigenvalue weighted by molar-refractivity contribution is 7.14. The topological polar surface area (TPSA) is 78.8 Å². The first-order chi connectivity index (χ1) is 14.7. The Morgan fingerprint density at radius 2 is 1.87 bits per heavy atom. The highest BCUT2D eigenvalue weighted by atomic mass is 32.1. The SMILES string of the molecule is Cc1cc(CNC(=O)c2sc(C)c3c2C[C@@H]2[C@H]3C2(C)C)cc(C)c1OCC(CO)CO. The third-order valence-corrected chi connectivity index (χ3v) is 8.34. The number of fused-ring (bicyclic) bond motifs is 3. The van der Waals surface area contributed by atoms with Crippen molar-refractivity contribution in [2.45, 2.75) is 53.5 Å². The molecule has 0 radical (unpaired) electrons. The Morgan fingerprint density at radius 1 is 1.23 bits per heavy atom. The molecule has 2 atom stereocenters. The van der Waals surface area contributed by atoms with E-state index in [1.165, 1.54) is 16.0 Å². The van der Waals surface area contributed by atoms with Crippen molar-refractivity contribution in [3.8, 4) is 5.75 Å². The van der Waals surface area contributed by atoms with Gasteiger partial charge >= 0.3 is 0 Å². The largest absolute Gasteiger partial charge is 0.493 e. The minimum absolute atomic E-state index is 0.0258. The van der Waals surface area contributed by atoms with Gasteiger partial charge < -0.3 is 20.3 Å². The van der Waals surface area contributed by atoms with Gasteiger partial charge in [-0.1, -0.05) is 26.0 Å². The van der Waals surface area contributed by atoms with Crippen LogP contribution in [-0.2, 0) is 13.0 Å². The van der Waals surface area contributed by atoms with Gasteiger partial charge in [-0.05, 0) is 72.3 Å². The van der Waals surface area contributed by atoms with Gasteiger partial charge in [0, 0.05) is 17.3 Å². The first-order valence-corrected chi connectivity index (χ1v) is 11.9. The molecule has 4 rings (SSSR count). The van der Waals surface area contributed by atoms with Gasteiger partial charge in [-0.2, -0.15) is 0 Å². The van der Waals surface area contributed by atoms with E-state index in [-0.39, 0.29) is 31.6 Å². The zero-order chi connectivity index (χ0) is 22.5. The van der Waals surface area contributed by atoms with E-state index in [0.29, 0.717) is 23.8 Å². The third-order valence-electron chi connectivity index (χ3n) is 7.18. The van der Waals surface area contributed by atoms with Crippen molar-refractivity contribution in [3.05, 3.63) is 49.7 Å². The molecular weight excluding hydrogens is 410 g/mol. The highest BCUT2D eigenvalue weighted by Crippen LogP contribution is 2.71. The molecule has 1 saturated carbocycles. The number of nitrogens with one attached hydrogen (secondary N) is 1. The first kappa shape index (κ1) is 22.3. The quantitative estimate of drug-likeness (QED) is 0.579. The zero-order valence-electron chi connectivity index (χ0n) is 19.0. The number of carbonyl (C=O) groups excluding carboxylic acids is 1. The summed E-state index contributed by atoms with van der Waals surface area (Å²) in [5, 5.41) is 21.6. The predicted molar refractivity (Wildman–Crippen MR) is 123 cm³/mol. The Balaban J connectivity index is 1.42. The Kier molecular flexibility index (Phi) is 5.92. The summed E-state index contributed by atoms with van der Waals surface area (Å²) in [4.78, 5) is 15.2. The summed E-state index contributed by atoms with van der Waals surface area (Å²) in [5.41, 5.74) is 6.11. The number of aliphatic hydroxyl groups excluding tert-OH is 2. The van der Waals surface area contributed by atoms with Crippen LogP contribution in [0.1, 0.15) is 62.1 Å². The summed E-state index contributed by atoms with van der Waals surface area (Å²) in [5.74, 6) is 1.85. The zero-order valence-corrected chi connectivity index (χ0v) is 19.9. The average molecular weight is 444 g/mol. The molecule has 0 spiro atoms. The molecule has 2 aromatic rings. The number of ether oxygens (including phenoxy) is 1. The van der Waals surface area contributed by atoms with Crippen LogP contribution in [0, 0.1) is 38.0 Å². The molecular formula is C25H33NO4S. The molecule has 1 fully saturated rings. The van der Waals surface area contributed by atoms with Gasteiger partial charge in [0.05, 0.1) is 24.7 Å². The fraction of sp³-hybridized carbons (Fsp3) is 0.560. The molecule has 31 heavy (non-hydrogen) atoms. The van der Waals surface area contributed by atoms with E-state index in [2.05, 4.69) is 26.1 Å². The van der Waals surface area contributed by atoms with Gasteiger partial charge in [-0.25, -0.2) is 0 Å². The molecule has 168 valence electrons. The Bertz CT molecular complexity index is 982. The van der Waals surface area contributed by atoms with Crippen molar-refractivity contribution in [1.29, 1.82) is 0 Å². The number of thiophene rings is 1. The van der Waals surface area contributed by atoms with Gasteiger partial charge in [0.25, 0.3) is 5.91 Å². The van der Waals surface area contributed by atoms with Crippen molar-refractivity contribution < 1.29 is 19.7 Å². The summed E-state index contributed by atoms with van der Waals surface area (Å²) in [7, 11) is 0. The third kappa shape index (κ3) is 3.90. The Hall–Kier alpha value is -1.89. The molecule has 1 aromatic heterocycles. The minimum atomic E-state index is -0.287. The Morgan fingerprint density at radius 3 is 2.48 bits per heavy atom. The summed E-state index contributed by atoms with van der Waals surface area (Å²) in [6, 6.07) is 4.05. The van der Waals surface area contributed by atoms with Crippen LogP contribution in [0.3, 0.4) is 0 Å². The van der Waals surface area contributed by atoms with Gasteiger partial charge in [-0.15, -0.1) is 11.3 Å². The normalized spacial score (nSPS) is 20.5. The molecule has 6 heteroatoms. The number of aliphatic hydroxyl groups is 2. The lowest BCUT2D eigenvalue weighted by molar-refractivity contribution is 0.0954. The standard InChI is InChI=1S/C25H33NO4S/c1-13-6-16(7-14(2)22(13)30-12-17(10-27)11-28)9-26-24(29)23-18-8-19-21(25(19,4)5)20(18)15(3)31-23/h6-7,17,19,21,27-28H,8-12H2,1-5H3,(H,26,29)/t19-,21-/m1/s1. The van der Waals surface area contributed by atoms with Crippen molar-refractivity contribution in [2.75, 3.05) is 19.8 Å². The van der Waals surface area contributed by atoms with Crippen LogP contribution in [0.15, 0.2) is 12.1 Å². The summed E-state index contributed by atoms with van der Waals surface area (Å²) >= 11 is 1.64. The summed E-state index contributed by atoms with van der Waals surface area (Å²) in [6.45, 7) is 11.3. The molecule has 2 aliphatic carbocycles. The van der Waals surface area contributed by atoms with Crippen LogP contribution in [0.2, 0.25) is 0 Å². The van der Waals surface area contributed by atoms with E-state index >= 15 is 0 Å². The van der Waals surface area contributed by atoms with Gasteiger partial charge in [-0.3, -0.25) is 4.79 Å². The van der Waals surface area contributed by atoms with E-state index in [4.69, 9.17) is 4.74 Å². The van der Waals surface area contributed by atoms with E-state index in [9.17, 15) is 15.0 Å². The van der Waals surface area contributed by atoms with Crippen LogP contribution in [0.25, 0.3) is 0 Å². The number of rotatable bonds is 8. The van der Waals surface area contributed by atoms with Crippen LogP contribution < -0.4 is 10.1 Å². The van der Waals surface area contributed by atoms with E-state index in [0.717, 1.165) is 33.7 Å². The van der Waals surface area contributed by atoms with Crippen molar-refractivity contribution in [3.63, 3.8) is 0 Å². The van der Waals surface area contributed by atoms with Gasteiger partial charge in [0.1, 0.15) is 5.75 Å². The molecule has 0 unspecified atom stereocenters. The lowest BCUT2D eigenvalue weighted by Crippen LogP contribution is -2.23. The minimum Gasteiger partial charge on any atom is -0.493 e. The maximum absolute atomic E-state index is 13.0. The monoisotopic (exact) mass is 443 g/mol.